The number of nitrogens with one attached hydrogen (secondary N) is 1. The summed E-state index contributed by atoms with van der Waals surface area (Å²) in [6.07, 6.45) is 3.84. The Morgan fingerprint density at radius 2 is 2.05 bits per heavy atom. The molecule has 5 heteroatoms. The third-order valence-electron chi connectivity index (χ3n) is 2.56. The van der Waals surface area contributed by atoms with Crippen molar-refractivity contribution in [3.05, 3.63) is 46.4 Å². The summed E-state index contributed by atoms with van der Waals surface area (Å²) in [5.41, 5.74) is 2.17. The summed E-state index contributed by atoms with van der Waals surface area (Å²) in [5, 5.41) is 2.59. The quantitative estimate of drug-likeness (QED) is 0.525. The maximum absolute atomic E-state index is 11.5. The van der Waals surface area contributed by atoms with Gasteiger partial charge in [0.1, 0.15) is 16.7 Å². The normalized spacial score (nSPS) is 16.2. The summed E-state index contributed by atoms with van der Waals surface area (Å²) in [5.74, 6) is 0.674. The highest BCUT2D eigenvalue weighted by Gasteiger charge is 2.21. The van der Waals surface area contributed by atoms with Crippen LogP contribution in [0.25, 0.3) is 6.08 Å². The van der Waals surface area contributed by atoms with Crippen LogP contribution >= 0.6 is 24.0 Å². The van der Waals surface area contributed by atoms with Crippen LogP contribution in [0.4, 0.5) is 0 Å². The Morgan fingerprint density at radius 1 is 1.35 bits per heavy atom. The van der Waals surface area contributed by atoms with Gasteiger partial charge in [0.2, 0.25) is 0 Å². The number of hydrogen-bond donors (Lipinski definition) is 1. The fourth-order valence-corrected chi connectivity index (χ4v) is 2.58. The molecule has 20 heavy (non-hydrogen) atoms. The summed E-state index contributed by atoms with van der Waals surface area (Å²) >= 11 is 6.23. The van der Waals surface area contributed by atoms with Crippen LogP contribution in [0.2, 0.25) is 0 Å². The number of thiocarbonyl (C=S) groups is 1. The van der Waals surface area contributed by atoms with Gasteiger partial charge in [-0.1, -0.05) is 41.7 Å². The lowest BCUT2D eigenvalue weighted by Gasteiger charge is -2.04. The van der Waals surface area contributed by atoms with E-state index in [4.69, 9.17) is 17.0 Å². The van der Waals surface area contributed by atoms with Crippen molar-refractivity contribution in [1.82, 2.24) is 5.32 Å². The molecule has 1 fully saturated rings. The predicted octanol–water partition coefficient (Wildman–Crippen LogP) is 3.52. The zero-order valence-electron chi connectivity index (χ0n) is 11.3. The zero-order valence-corrected chi connectivity index (χ0v) is 12.9. The van der Waals surface area contributed by atoms with Crippen molar-refractivity contribution >= 4 is 40.3 Å². The lowest BCUT2D eigenvalue weighted by molar-refractivity contribution is -0.115. The predicted molar refractivity (Wildman–Crippen MR) is 87.7 cm³/mol. The van der Waals surface area contributed by atoms with Crippen LogP contribution in [0.3, 0.4) is 0 Å². The van der Waals surface area contributed by atoms with Gasteiger partial charge in [0, 0.05) is 0 Å². The van der Waals surface area contributed by atoms with E-state index in [1.807, 2.05) is 50.3 Å². The molecule has 1 aromatic rings. The van der Waals surface area contributed by atoms with E-state index < -0.39 is 0 Å². The Bertz CT molecular complexity index is 584. The summed E-state index contributed by atoms with van der Waals surface area (Å²) in [7, 11) is 0. The number of carbonyl (C=O) groups excluding carboxylic acids is 1. The van der Waals surface area contributed by atoms with Crippen LogP contribution in [0.1, 0.15) is 19.4 Å². The molecule has 3 nitrogen and oxygen atoms in total. The van der Waals surface area contributed by atoms with Gasteiger partial charge in [0.05, 0.1) is 4.91 Å². The van der Waals surface area contributed by atoms with Gasteiger partial charge in [-0.3, -0.25) is 4.79 Å². The highest BCUT2D eigenvalue weighted by molar-refractivity contribution is 8.26. The minimum atomic E-state index is -0.135. The second-order valence-electron chi connectivity index (χ2n) is 4.51. The number of benzene rings is 1. The Balaban J connectivity index is 2.01. The summed E-state index contributed by atoms with van der Waals surface area (Å²) < 4.78 is 6.08. The third kappa shape index (κ3) is 4.21. The molecular formula is C15H15NO2S2. The molecule has 1 saturated heterocycles. The van der Waals surface area contributed by atoms with E-state index in [1.165, 1.54) is 17.3 Å². The number of carbonyl (C=O) groups is 1. The van der Waals surface area contributed by atoms with E-state index in [1.54, 1.807) is 0 Å². The van der Waals surface area contributed by atoms with Crippen molar-refractivity contribution in [3.63, 3.8) is 0 Å². The molecule has 1 heterocycles. The van der Waals surface area contributed by atoms with Crippen LogP contribution in [-0.4, -0.2) is 16.8 Å². The van der Waals surface area contributed by atoms with Gasteiger partial charge in [-0.2, -0.15) is 0 Å². The van der Waals surface area contributed by atoms with Gasteiger partial charge in [-0.15, -0.1) is 0 Å². The molecule has 0 atom stereocenters. The number of amides is 1. The van der Waals surface area contributed by atoms with E-state index in [2.05, 4.69) is 5.32 Å². The van der Waals surface area contributed by atoms with Gasteiger partial charge in [-0.05, 0) is 43.7 Å². The first-order valence-electron chi connectivity index (χ1n) is 6.15. The Kier molecular flexibility index (Phi) is 4.98. The van der Waals surface area contributed by atoms with E-state index in [0.717, 1.165) is 11.3 Å². The number of ether oxygens (including phenoxy) is 1. The third-order valence-corrected chi connectivity index (χ3v) is 3.72. The molecule has 2 rings (SSSR count). The van der Waals surface area contributed by atoms with Crippen LogP contribution in [-0.2, 0) is 4.79 Å². The van der Waals surface area contributed by atoms with Crippen molar-refractivity contribution in [3.8, 4) is 5.75 Å². The van der Waals surface area contributed by atoms with E-state index in [-0.39, 0.29) is 5.91 Å². The monoisotopic (exact) mass is 305 g/mol. The molecule has 0 saturated carbocycles. The van der Waals surface area contributed by atoms with Crippen molar-refractivity contribution in [1.29, 1.82) is 0 Å². The Hall–Kier alpha value is -1.59. The van der Waals surface area contributed by atoms with Crippen molar-refractivity contribution in [2.24, 2.45) is 0 Å². The van der Waals surface area contributed by atoms with Crippen LogP contribution < -0.4 is 10.1 Å². The molecule has 1 amide bonds. The highest BCUT2D eigenvalue weighted by Crippen LogP contribution is 2.26. The molecule has 0 radical (unpaired) electrons. The number of allylic oxidation sites excluding steroid dienone is 1. The second kappa shape index (κ2) is 6.72. The molecule has 0 bridgehead atoms. The lowest BCUT2D eigenvalue weighted by atomic mass is 10.2. The number of thioether (sulfide) groups is 1. The molecule has 104 valence electrons. The summed E-state index contributed by atoms with van der Waals surface area (Å²) in [4.78, 5) is 12.2. The molecule has 1 aliphatic rings. The molecule has 0 unspecified atom stereocenters. The van der Waals surface area contributed by atoms with Gasteiger partial charge in [-0.25, -0.2) is 0 Å². The van der Waals surface area contributed by atoms with Gasteiger partial charge >= 0.3 is 0 Å². The van der Waals surface area contributed by atoms with E-state index in [0.29, 0.717) is 15.8 Å². The fourth-order valence-electron chi connectivity index (χ4n) is 1.54. The first-order chi connectivity index (χ1) is 9.54. The second-order valence-corrected chi connectivity index (χ2v) is 6.23. The zero-order chi connectivity index (χ0) is 14.5. The fraction of sp³-hybridized carbons (Fsp3) is 0.200. The number of hydrogen-bond acceptors (Lipinski definition) is 4. The number of rotatable bonds is 4. The lowest BCUT2D eigenvalue weighted by Crippen LogP contribution is -2.17. The Morgan fingerprint density at radius 3 is 2.60 bits per heavy atom. The highest BCUT2D eigenvalue weighted by atomic mass is 32.2. The topological polar surface area (TPSA) is 38.3 Å². The molecule has 0 spiro atoms. The average Bonchev–Trinajstić information content (AvgIpc) is 2.69. The summed E-state index contributed by atoms with van der Waals surface area (Å²) in [6.45, 7) is 4.63. The molecule has 1 aliphatic heterocycles. The minimum Gasteiger partial charge on any atom is -0.490 e. The Labute approximate surface area is 128 Å². The first-order valence-corrected chi connectivity index (χ1v) is 7.38. The van der Waals surface area contributed by atoms with E-state index in [9.17, 15) is 4.79 Å². The SMILES string of the molecule is CC(C)=CCOc1ccc(C=C2SC(=S)NC2=O)cc1. The van der Waals surface area contributed by atoms with Gasteiger partial charge < -0.3 is 10.1 Å². The minimum absolute atomic E-state index is 0.135. The smallest absolute Gasteiger partial charge is 0.263 e. The van der Waals surface area contributed by atoms with Crippen LogP contribution in [0.5, 0.6) is 5.75 Å². The van der Waals surface area contributed by atoms with Gasteiger partial charge in [0.25, 0.3) is 5.91 Å². The molecule has 0 aliphatic carbocycles. The molecule has 1 N–H and O–H groups in total. The maximum Gasteiger partial charge on any atom is 0.263 e. The molecule has 0 aromatic heterocycles. The maximum atomic E-state index is 11.5. The molecular weight excluding hydrogens is 290 g/mol. The van der Waals surface area contributed by atoms with Crippen LogP contribution in [0.15, 0.2) is 40.8 Å². The van der Waals surface area contributed by atoms with Gasteiger partial charge in [0.15, 0.2) is 0 Å². The standard InChI is InChI=1S/C15H15NO2S2/c1-10(2)7-8-18-12-5-3-11(4-6-12)9-13-14(17)16-15(19)20-13/h3-7,9H,8H2,1-2H3,(H,16,17,19). The van der Waals surface area contributed by atoms with E-state index >= 15 is 0 Å². The first kappa shape index (κ1) is 14.8. The van der Waals surface area contributed by atoms with Crippen molar-refractivity contribution in [2.45, 2.75) is 13.8 Å². The average molecular weight is 305 g/mol. The van der Waals surface area contributed by atoms with Crippen LogP contribution in [0, 0.1) is 0 Å². The molecule has 1 aromatic carbocycles. The van der Waals surface area contributed by atoms with Crippen molar-refractivity contribution in [2.75, 3.05) is 6.61 Å². The largest absolute Gasteiger partial charge is 0.490 e. The summed E-state index contributed by atoms with van der Waals surface area (Å²) in [6, 6.07) is 7.61. The van der Waals surface area contributed by atoms with Crippen molar-refractivity contribution < 1.29 is 9.53 Å².